The minimum atomic E-state index is 0.00206. The van der Waals surface area contributed by atoms with Gasteiger partial charge in [-0.1, -0.05) is 40.2 Å². The molecule has 0 radical (unpaired) electrons. The van der Waals surface area contributed by atoms with Crippen molar-refractivity contribution in [2.45, 2.75) is 0 Å². The summed E-state index contributed by atoms with van der Waals surface area (Å²) in [4.78, 5) is 27.5. The van der Waals surface area contributed by atoms with Crippen molar-refractivity contribution in [3.05, 3.63) is 99.0 Å². The lowest BCUT2D eigenvalue weighted by molar-refractivity contribution is 1.60. The highest BCUT2D eigenvalue weighted by atomic mass is 79.9. The smallest absolute Gasteiger partial charge is 0.195 e. The van der Waals surface area contributed by atoms with Crippen molar-refractivity contribution in [3.63, 3.8) is 0 Å². The summed E-state index contributed by atoms with van der Waals surface area (Å²) in [5.41, 5.74) is 0.0237. The molecule has 6 heteroatoms. The van der Waals surface area contributed by atoms with Gasteiger partial charge in [0.15, 0.2) is 10.9 Å². The molecule has 8 rings (SSSR count). The molecule has 8 aromatic rings. The maximum Gasteiger partial charge on any atom is 0.195 e. The van der Waals surface area contributed by atoms with Crippen molar-refractivity contribution in [2.75, 3.05) is 0 Å². The van der Waals surface area contributed by atoms with Crippen molar-refractivity contribution in [1.29, 1.82) is 0 Å². The van der Waals surface area contributed by atoms with E-state index in [0.717, 1.165) is 71.8 Å². The maximum atomic E-state index is 13.8. The van der Waals surface area contributed by atoms with Crippen LogP contribution in [0.5, 0.6) is 0 Å². The van der Waals surface area contributed by atoms with E-state index in [1.54, 1.807) is 0 Å². The van der Waals surface area contributed by atoms with Crippen molar-refractivity contribution in [3.8, 4) is 0 Å². The van der Waals surface area contributed by atoms with Crippen molar-refractivity contribution < 1.29 is 0 Å². The van der Waals surface area contributed by atoms with Crippen molar-refractivity contribution in [1.82, 2.24) is 0 Å². The number of fused-ring (bicyclic) bond motifs is 4. The van der Waals surface area contributed by atoms with Crippen LogP contribution in [0.2, 0.25) is 0 Å². The van der Waals surface area contributed by atoms with Crippen molar-refractivity contribution in [2.24, 2.45) is 0 Å². The van der Waals surface area contributed by atoms with Crippen LogP contribution in [0.25, 0.3) is 75.4 Å². The van der Waals surface area contributed by atoms with Crippen LogP contribution in [0.4, 0.5) is 0 Å². The molecule has 170 valence electrons. The van der Waals surface area contributed by atoms with Crippen molar-refractivity contribution >= 4 is 139 Å². The van der Waals surface area contributed by atoms with Gasteiger partial charge in [-0.05, 0) is 122 Å². The van der Waals surface area contributed by atoms with Crippen LogP contribution in [0.15, 0.2) is 88.1 Å². The Hall–Kier alpha value is -2.38. The summed E-state index contributed by atoms with van der Waals surface area (Å²) >= 11 is 14.6. The number of benzene rings is 8. The summed E-state index contributed by atoms with van der Waals surface area (Å²) < 4.78 is 3.34. The molecule has 0 aliphatic heterocycles. The second-order valence-electron chi connectivity index (χ2n) is 9.25. The van der Waals surface area contributed by atoms with Crippen LogP contribution in [0.1, 0.15) is 0 Å². The maximum absolute atomic E-state index is 13.8. The van der Waals surface area contributed by atoms with Crippen LogP contribution < -0.4 is 10.9 Å². The summed E-state index contributed by atoms with van der Waals surface area (Å²) in [5, 5.41) is 12.8. The molecule has 0 aliphatic carbocycles. The Morgan fingerprint density at radius 2 is 1.06 bits per heavy atom. The first-order chi connectivity index (χ1) is 17.4. The van der Waals surface area contributed by atoms with Gasteiger partial charge in [-0.15, -0.1) is 0 Å². The molecule has 0 saturated heterocycles. The molecule has 0 bridgehead atoms. The first kappa shape index (κ1) is 21.7. The monoisotopic (exact) mass is 718 g/mol. The van der Waals surface area contributed by atoms with Crippen LogP contribution in [-0.2, 0) is 0 Å². The molecule has 0 unspecified atom stereocenters. The molecule has 36 heavy (non-hydrogen) atoms. The zero-order chi connectivity index (χ0) is 24.6. The van der Waals surface area contributed by atoms with E-state index in [1.165, 1.54) is 0 Å². The Kier molecular flexibility index (Phi) is 4.30. The number of hydrogen-bond acceptors (Lipinski definition) is 2. The number of rotatable bonds is 0. The van der Waals surface area contributed by atoms with E-state index in [9.17, 15) is 9.59 Å². The first-order valence-electron chi connectivity index (χ1n) is 11.2. The van der Waals surface area contributed by atoms with Crippen LogP contribution in [0.3, 0.4) is 0 Å². The van der Waals surface area contributed by atoms with E-state index in [1.807, 2.05) is 48.5 Å². The summed E-state index contributed by atoms with van der Waals surface area (Å²) in [5.74, 6) is 0. The van der Waals surface area contributed by atoms with Crippen LogP contribution >= 0.6 is 63.7 Å². The van der Waals surface area contributed by atoms with Gasteiger partial charge in [0, 0.05) is 55.6 Å². The Labute approximate surface area is 236 Å². The fourth-order valence-corrected chi connectivity index (χ4v) is 8.31. The van der Waals surface area contributed by atoms with Gasteiger partial charge in [-0.3, -0.25) is 9.59 Å². The van der Waals surface area contributed by atoms with Gasteiger partial charge in [0.05, 0.1) is 0 Å². The minimum Gasteiger partial charge on any atom is -0.289 e. The molecule has 8 aromatic carbocycles. The van der Waals surface area contributed by atoms with E-state index in [4.69, 9.17) is 0 Å². The predicted octanol–water partition coefficient (Wildman–Crippen LogP) is 9.84. The van der Waals surface area contributed by atoms with Gasteiger partial charge in [0.25, 0.3) is 0 Å². The third-order valence-corrected chi connectivity index (χ3v) is 11.5. The second-order valence-corrected chi connectivity index (χ2v) is 12.5. The van der Waals surface area contributed by atoms with E-state index in [0.29, 0.717) is 21.5 Å². The fraction of sp³-hybridized carbons (Fsp3) is 0. The van der Waals surface area contributed by atoms with Gasteiger partial charge < -0.3 is 0 Å². The molecule has 0 aromatic heterocycles. The highest BCUT2D eigenvalue weighted by Crippen LogP contribution is 2.47. The van der Waals surface area contributed by atoms with Gasteiger partial charge in [0.1, 0.15) is 0 Å². The molecular weight excluding hydrogens is 712 g/mol. The standard InChI is InChI=1S/C30H10Br4O2/c31-19-3-1-2-13-16-8-11-4-6-14-24-17(25-18(29(14)35)10-20(32)27(33)28(25)34)9-12-5-7-15(30(36)26(13)19)23(16)21(12)22(11)24/h1-10H. The molecule has 0 N–H and O–H groups in total. The summed E-state index contributed by atoms with van der Waals surface area (Å²) in [6, 6.07) is 20.1. The lowest BCUT2D eigenvalue weighted by Crippen LogP contribution is -2.07. The second kappa shape index (κ2) is 7.13. The number of halogens is 4. The molecule has 2 nitrogen and oxygen atoms in total. The third-order valence-electron chi connectivity index (χ3n) is 7.56. The van der Waals surface area contributed by atoms with Gasteiger partial charge in [-0.25, -0.2) is 0 Å². The average molecular weight is 722 g/mol. The van der Waals surface area contributed by atoms with E-state index >= 15 is 0 Å². The quantitative estimate of drug-likeness (QED) is 0.0888. The minimum absolute atomic E-state index is 0.00206. The normalized spacial score (nSPS) is 12.7. The zero-order valence-corrected chi connectivity index (χ0v) is 24.4. The number of hydrogen-bond donors (Lipinski definition) is 0. The van der Waals surface area contributed by atoms with Gasteiger partial charge in [-0.2, -0.15) is 0 Å². The fourth-order valence-electron chi connectivity index (χ4n) is 6.12. The molecular formula is C30H10Br4O2. The molecule has 0 aliphatic rings. The average Bonchev–Trinajstić information content (AvgIpc) is 2.88. The Morgan fingerprint density at radius 1 is 0.417 bits per heavy atom. The Balaban J connectivity index is 1.77. The highest BCUT2D eigenvalue weighted by molar-refractivity contribution is 9.14. The van der Waals surface area contributed by atoms with E-state index in [2.05, 4.69) is 75.9 Å². The molecule has 0 spiro atoms. The summed E-state index contributed by atoms with van der Waals surface area (Å²) in [7, 11) is 0. The largest absolute Gasteiger partial charge is 0.289 e. The van der Waals surface area contributed by atoms with Gasteiger partial charge in [0.2, 0.25) is 0 Å². The lowest BCUT2D eigenvalue weighted by atomic mass is 9.84. The highest BCUT2D eigenvalue weighted by Gasteiger charge is 2.23. The molecule has 0 heterocycles. The summed E-state index contributed by atoms with van der Waals surface area (Å²) in [6.45, 7) is 0. The zero-order valence-electron chi connectivity index (χ0n) is 18.1. The van der Waals surface area contributed by atoms with E-state index < -0.39 is 0 Å². The van der Waals surface area contributed by atoms with Crippen LogP contribution in [-0.4, -0.2) is 0 Å². The molecule has 0 atom stereocenters. The third kappa shape index (κ3) is 2.47. The predicted molar refractivity (Wildman–Crippen MR) is 166 cm³/mol. The first-order valence-corrected chi connectivity index (χ1v) is 14.4. The lowest BCUT2D eigenvalue weighted by Gasteiger charge is -2.19. The molecule has 0 amide bonds. The topological polar surface area (TPSA) is 34.1 Å². The Morgan fingerprint density at radius 3 is 1.78 bits per heavy atom. The SMILES string of the molecule is O=c1c2cc(Br)c(Br)c(Br)c2c2cc3ccc4c(=O)c5c(Br)cccc5c5cc6ccc1c2c6c3c45. The Bertz CT molecular complexity index is 2400. The molecule has 0 fully saturated rings. The molecule has 0 saturated carbocycles. The van der Waals surface area contributed by atoms with Crippen LogP contribution in [0, 0.1) is 0 Å². The van der Waals surface area contributed by atoms with Gasteiger partial charge >= 0.3 is 0 Å². The van der Waals surface area contributed by atoms with E-state index in [-0.39, 0.29) is 10.9 Å². The summed E-state index contributed by atoms with van der Waals surface area (Å²) in [6.07, 6.45) is 0.